The summed E-state index contributed by atoms with van der Waals surface area (Å²) in [6.45, 7) is 4.88. The van der Waals surface area contributed by atoms with Crippen LogP contribution in [0.1, 0.15) is 12.8 Å². The number of nitrogens with zero attached hydrogens (tertiary/aromatic N) is 6. The van der Waals surface area contributed by atoms with E-state index >= 15 is 0 Å². The van der Waals surface area contributed by atoms with Crippen LogP contribution in [-0.2, 0) is 4.79 Å². The average Bonchev–Trinajstić information content (AvgIpc) is 3.65. The van der Waals surface area contributed by atoms with Gasteiger partial charge in [-0.3, -0.25) is 9.20 Å². The molecule has 4 heterocycles. The Morgan fingerprint density at radius 2 is 1.58 bits per heavy atom. The van der Waals surface area contributed by atoms with Gasteiger partial charge in [-0.1, -0.05) is 30.3 Å². The molecule has 9 nitrogen and oxygen atoms in total. The highest BCUT2D eigenvalue weighted by Gasteiger charge is 2.24. The van der Waals surface area contributed by atoms with Gasteiger partial charge in [-0.15, -0.1) is 4.91 Å². The molecule has 9 heteroatoms. The summed E-state index contributed by atoms with van der Waals surface area (Å²) in [4.78, 5) is 35.6. The first-order valence-corrected chi connectivity index (χ1v) is 13.2. The fraction of sp³-hybridized carbons (Fsp3) is 0.310. The molecule has 38 heavy (non-hydrogen) atoms. The van der Waals surface area contributed by atoms with E-state index in [-0.39, 0.29) is 12.5 Å². The molecule has 6 rings (SSSR count). The molecule has 0 radical (unpaired) electrons. The third kappa shape index (κ3) is 4.67. The van der Waals surface area contributed by atoms with Gasteiger partial charge in [0.2, 0.25) is 5.91 Å². The highest BCUT2D eigenvalue weighted by Crippen LogP contribution is 2.31. The molecule has 4 aromatic rings. The number of rotatable bonds is 7. The number of fused-ring (bicyclic) bond motifs is 1. The van der Waals surface area contributed by atoms with E-state index in [4.69, 9.17) is 4.98 Å². The van der Waals surface area contributed by atoms with Gasteiger partial charge in [0.25, 0.3) is 0 Å². The number of carbonyl (C=O) groups is 1. The van der Waals surface area contributed by atoms with Crippen LogP contribution in [-0.4, -0.2) is 66.0 Å². The van der Waals surface area contributed by atoms with Crippen LogP contribution in [0.2, 0.25) is 0 Å². The summed E-state index contributed by atoms with van der Waals surface area (Å²) in [5, 5.41) is 6.54. The molecule has 0 saturated carbocycles. The monoisotopic (exact) mass is 509 g/mol. The number of hydrogen-bond acceptors (Lipinski definition) is 7. The molecule has 2 saturated heterocycles. The number of piperazine rings is 1. The molecule has 0 atom stereocenters. The van der Waals surface area contributed by atoms with E-state index < -0.39 is 0 Å². The standard InChI is InChI=1S/C29H31N7O2/c37-27(35-19-17-34(18-20-35)25-8-2-1-7-24(25)32-38)21-30-29-28(31-26-9-3-4-16-36(26)29)22-10-12-23(13-11-22)33-14-5-6-15-33/h1-4,7-13,16,30H,5-6,14-15,17-21H2. The smallest absolute Gasteiger partial charge is 0.242 e. The zero-order valence-corrected chi connectivity index (χ0v) is 21.3. The molecule has 2 aromatic carbocycles. The van der Waals surface area contributed by atoms with Gasteiger partial charge in [0.15, 0.2) is 0 Å². The van der Waals surface area contributed by atoms with Gasteiger partial charge < -0.3 is 20.0 Å². The largest absolute Gasteiger partial charge is 0.372 e. The summed E-state index contributed by atoms with van der Waals surface area (Å²) in [5.74, 6) is 0.847. The molecule has 2 aliphatic heterocycles. The van der Waals surface area contributed by atoms with Crippen molar-refractivity contribution >= 4 is 34.4 Å². The molecule has 2 fully saturated rings. The van der Waals surface area contributed by atoms with Gasteiger partial charge in [0.05, 0.1) is 12.2 Å². The molecule has 2 aromatic heterocycles. The van der Waals surface area contributed by atoms with Crippen molar-refractivity contribution in [1.29, 1.82) is 0 Å². The van der Waals surface area contributed by atoms with Crippen LogP contribution in [0.3, 0.4) is 0 Å². The van der Waals surface area contributed by atoms with E-state index in [1.54, 1.807) is 6.07 Å². The first-order valence-electron chi connectivity index (χ1n) is 13.2. The van der Waals surface area contributed by atoms with Crippen LogP contribution in [0, 0.1) is 4.91 Å². The van der Waals surface area contributed by atoms with E-state index in [0.717, 1.165) is 41.5 Å². The summed E-state index contributed by atoms with van der Waals surface area (Å²) >= 11 is 0. The highest BCUT2D eigenvalue weighted by atomic mass is 16.3. The van der Waals surface area contributed by atoms with Crippen molar-refractivity contribution in [1.82, 2.24) is 14.3 Å². The van der Waals surface area contributed by atoms with Crippen LogP contribution in [0.5, 0.6) is 0 Å². The van der Waals surface area contributed by atoms with Gasteiger partial charge in [-0.25, -0.2) is 4.98 Å². The van der Waals surface area contributed by atoms with E-state index in [9.17, 15) is 9.70 Å². The number of nitrogens with one attached hydrogen (secondary N) is 1. The molecule has 0 aliphatic carbocycles. The minimum absolute atomic E-state index is 0.0349. The Hall–Kier alpha value is -4.40. The normalized spacial score (nSPS) is 15.7. The van der Waals surface area contributed by atoms with Crippen LogP contribution in [0.15, 0.2) is 78.1 Å². The number of hydrogen-bond donors (Lipinski definition) is 1. The molecular weight excluding hydrogens is 478 g/mol. The van der Waals surface area contributed by atoms with Crippen LogP contribution in [0.25, 0.3) is 16.9 Å². The Morgan fingerprint density at radius 1 is 0.842 bits per heavy atom. The quantitative estimate of drug-likeness (QED) is 0.362. The predicted octanol–water partition coefficient (Wildman–Crippen LogP) is 4.76. The maximum atomic E-state index is 13.2. The summed E-state index contributed by atoms with van der Waals surface area (Å²) < 4.78 is 2.00. The summed E-state index contributed by atoms with van der Waals surface area (Å²) in [5.41, 5.74) is 5.17. The summed E-state index contributed by atoms with van der Waals surface area (Å²) in [7, 11) is 0. The number of nitroso groups, excluding NO2 is 1. The lowest BCUT2D eigenvalue weighted by Gasteiger charge is -2.36. The van der Waals surface area contributed by atoms with E-state index in [0.29, 0.717) is 31.9 Å². The van der Waals surface area contributed by atoms with Crippen molar-refractivity contribution in [3.8, 4) is 11.3 Å². The van der Waals surface area contributed by atoms with Crippen molar-refractivity contribution in [2.45, 2.75) is 12.8 Å². The number of benzene rings is 2. The second-order valence-electron chi connectivity index (χ2n) is 9.78. The van der Waals surface area contributed by atoms with Crippen LogP contribution in [0.4, 0.5) is 22.9 Å². The minimum atomic E-state index is 0.0349. The van der Waals surface area contributed by atoms with Crippen molar-refractivity contribution < 1.29 is 4.79 Å². The van der Waals surface area contributed by atoms with E-state index in [2.05, 4.69) is 44.6 Å². The first-order chi connectivity index (χ1) is 18.7. The van der Waals surface area contributed by atoms with Crippen molar-refractivity contribution in [3.63, 3.8) is 0 Å². The molecular formula is C29H31N7O2. The lowest BCUT2D eigenvalue weighted by molar-refractivity contribution is -0.129. The van der Waals surface area contributed by atoms with Crippen molar-refractivity contribution in [2.75, 3.05) is 60.9 Å². The number of anilines is 3. The number of pyridine rings is 1. The Bertz CT molecular complexity index is 1440. The van der Waals surface area contributed by atoms with E-state index in [1.165, 1.54) is 18.5 Å². The Balaban J connectivity index is 1.15. The number of imidazole rings is 1. The summed E-state index contributed by atoms with van der Waals surface area (Å²) in [6, 6.07) is 21.8. The fourth-order valence-corrected chi connectivity index (χ4v) is 5.45. The van der Waals surface area contributed by atoms with Crippen LogP contribution < -0.4 is 15.1 Å². The fourth-order valence-electron chi connectivity index (χ4n) is 5.45. The third-order valence-electron chi connectivity index (χ3n) is 7.50. The SMILES string of the molecule is O=Nc1ccccc1N1CCN(C(=O)CNc2c(-c3ccc(N4CCCC4)cc3)nc3ccccn23)CC1. The number of amides is 1. The van der Waals surface area contributed by atoms with Crippen molar-refractivity contribution in [2.24, 2.45) is 5.18 Å². The minimum Gasteiger partial charge on any atom is -0.372 e. The maximum absolute atomic E-state index is 13.2. The topological polar surface area (TPSA) is 85.5 Å². The maximum Gasteiger partial charge on any atom is 0.242 e. The zero-order valence-electron chi connectivity index (χ0n) is 21.3. The second-order valence-corrected chi connectivity index (χ2v) is 9.78. The number of para-hydroxylation sites is 1. The van der Waals surface area contributed by atoms with Crippen molar-refractivity contribution in [3.05, 3.63) is 77.8 Å². The Labute approximate surface area is 221 Å². The van der Waals surface area contributed by atoms with Gasteiger partial charge in [0.1, 0.15) is 22.8 Å². The van der Waals surface area contributed by atoms with Gasteiger partial charge in [-0.05, 0) is 54.4 Å². The van der Waals surface area contributed by atoms with E-state index in [1.807, 2.05) is 51.9 Å². The van der Waals surface area contributed by atoms with Crippen LogP contribution >= 0.6 is 0 Å². The molecule has 194 valence electrons. The van der Waals surface area contributed by atoms with Gasteiger partial charge in [-0.2, -0.15) is 0 Å². The zero-order chi connectivity index (χ0) is 25.9. The molecule has 0 spiro atoms. The lowest BCUT2D eigenvalue weighted by Crippen LogP contribution is -2.50. The van der Waals surface area contributed by atoms with Gasteiger partial charge >= 0.3 is 0 Å². The molecule has 1 N–H and O–H groups in total. The summed E-state index contributed by atoms with van der Waals surface area (Å²) in [6.07, 6.45) is 4.46. The molecule has 0 bridgehead atoms. The predicted molar refractivity (Wildman–Crippen MR) is 151 cm³/mol. The number of carbonyl (C=O) groups excluding carboxylic acids is 1. The second kappa shape index (κ2) is 10.5. The first kappa shape index (κ1) is 24.0. The Morgan fingerprint density at radius 3 is 2.34 bits per heavy atom. The third-order valence-corrected chi connectivity index (χ3v) is 7.50. The average molecular weight is 510 g/mol. The lowest BCUT2D eigenvalue weighted by atomic mass is 10.1. The Kier molecular flexibility index (Phi) is 6.64. The number of aromatic nitrogens is 2. The van der Waals surface area contributed by atoms with Gasteiger partial charge in [0, 0.05) is 56.7 Å². The molecule has 2 aliphatic rings. The molecule has 1 amide bonds. The highest BCUT2D eigenvalue weighted by molar-refractivity contribution is 5.84. The molecule has 0 unspecified atom stereocenters.